The molecule has 0 spiro atoms. The summed E-state index contributed by atoms with van der Waals surface area (Å²) in [7, 11) is 0. The van der Waals surface area contributed by atoms with E-state index in [0.717, 1.165) is 18.8 Å². The number of rotatable bonds is 4. The highest BCUT2D eigenvalue weighted by Crippen LogP contribution is 2.40. The van der Waals surface area contributed by atoms with E-state index >= 15 is 0 Å². The third kappa shape index (κ3) is 3.97. The fourth-order valence-electron chi connectivity index (χ4n) is 3.12. The molecule has 1 aromatic rings. The van der Waals surface area contributed by atoms with Crippen molar-refractivity contribution in [3.8, 4) is 0 Å². The molecular weight excluding hydrogens is 284 g/mol. The molecule has 0 bridgehead atoms. The molecule has 0 atom stereocenters. The minimum absolute atomic E-state index is 0.105. The summed E-state index contributed by atoms with van der Waals surface area (Å²) in [5, 5.41) is 3.56. The Hall–Kier alpha value is -1.09. The van der Waals surface area contributed by atoms with Gasteiger partial charge >= 0.3 is 0 Å². The number of nitrogens with zero attached hydrogens (tertiary/aromatic N) is 1. The van der Waals surface area contributed by atoms with Gasteiger partial charge in [-0.1, -0.05) is 38.8 Å². The van der Waals surface area contributed by atoms with Crippen LogP contribution in [-0.2, 0) is 0 Å². The summed E-state index contributed by atoms with van der Waals surface area (Å²) in [6.07, 6.45) is 8.81. The summed E-state index contributed by atoms with van der Waals surface area (Å²) in [5.41, 5.74) is 0.872. The highest BCUT2D eigenvalue weighted by Gasteiger charge is 2.32. The molecule has 21 heavy (non-hydrogen) atoms. The van der Waals surface area contributed by atoms with Crippen LogP contribution in [0.15, 0.2) is 18.5 Å². The number of hydrogen-bond acceptors (Lipinski definition) is 2. The van der Waals surface area contributed by atoms with Crippen LogP contribution in [0.3, 0.4) is 0 Å². The van der Waals surface area contributed by atoms with Gasteiger partial charge in [0.2, 0.25) is 0 Å². The number of amides is 1. The fourth-order valence-corrected chi connectivity index (χ4v) is 3.31. The zero-order chi connectivity index (χ0) is 15.5. The minimum Gasteiger partial charge on any atom is -0.349 e. The smallest absolute Gasteiger partial charge is 0.254 e. The molecule has 0 saturated heterocycles. The van der Waals surface area contributed by atoms with Gasteiger partial charge in [-0.25, -0.2) is 0 Å². The van der Waals surface area contributed by atoms with Gasteiger partial charge in [-0.15, -0.1) is 0 Å². The monoisotopic (exact) mass is 308 g/mol. The van der Waals surface area contributed by atoms with Gasteiger partial charge in [0.1, 0.15) is 0 Å². The lowest BCUT2D eigenvalue weighted by molar-refractivity contribution is 0.0893. The van der Waals surface area contributed by atoms with Crippen LogP contribution in [0.1, 0.15) is 63.2 Å². The van der Waals surface area contributed by atoms with E-state index in [2.05, 4.69) is 31.1 Å². The first-order valence-corrected chi connectivity index (χ1v) is 8.22. The number of halogens is 1. The summed E-state index contributed by atoms with van der Waals surface area (Å²) < 4.78 is 0. The summed E-state index contributed by atoms with van der Waals surface area (Å²) >= 11 is 6.04. The van der Waals surface area contributed by atoms with E-state index in [1.165, 1.54) is 25.5 Å². The Bertz CT molecular complexity index is 493. The molecule has 1 saturated carbocycles. The average molecular weight is 309 g/mol. The molecule has 0 unspecified atom stereocenters. The SMILES string of the molecule is CCC(C)(C)C1CCC(NC(=O)c2cnccc2Cl)CC1. The predicted molar refractivity (Wildman–Crippen MR) is 86.5 cm³/mol. The Labute approximate surface area is 132 Å². The van der Waals surface area contributed by atoms with Crippen LogP contribution in [-0.4, -0.2) is 16.9 Å². The molecule has 1 aromatic heterocycles. The number of nitrogens with one attached hydrogen (secondary N) is 1. The van der Waals surface area contributed by atoms with Crippen molar-refractivity contribution in [1.82, 2.24) is 10.3 Å². The standard InChI is InChI=1S/C17H25ClN2O/c1-4-17(2,3)12-5-7-13(8-6-12)20-16(21)14-11-19-10-9-15(14)18/h9-13H,4-8H2,1-3H3,(H,20,21). The Morgan fingerprint density at radius 1 is 1.38 bits per heavy atom. The van der Waals surface area contributed by atoms with E-state index in [1.54, 1.807) is 12.3 Å². The lowest BCUT2D eigenvalue weighted by atomic mass is 9.69. The van der Waals surface area contributed by atoms with Crippen molar-refractivity contribution in [3.05, 3.63) is 29.0 Å². The second-order valence-corrected chi connectivity index (χ2v) is 7.13. The van der Waals surface area contributed by atoms with E-state index in [1.807, 2.05) is 0 Å². The maximum atomic E-state index is 12.2. The normalized spacial score (nSPS) is 22.9. The molecule has 3 nitrogen and oxygen atoms in total. The molecule has 0 aliphatic heterocycles. The predicted octanol–water partition coefficient (Wildman–Crippen LogP) is 4.46. The number of carbonyl (C=O) groups is 1. The van der Waals surface area contributed by atoms with Gasteiger partial charge in [0.05, 0.1) is 10.6 Å². The molecule has 1 aliphatic rings. The first-order chi connectivity index (χ1) is 9.94. The van der Waals surface area contributed by atoms with Crippen molar-refractivity contribution < 1.29 is 4.79 Å². The molecule has 1 heterocycles. The molecule has 2 rings (SSSR count). The largest absolute Gasteiger partial charge is 0.349 e. The number of hydrogen-bond donors (Lipinski definition) is 1. The Morgan fingerprint density at radius 2 is 2.05 bits per heavy atom. The minimum atomic E-state index is -0.105. The Morgan fingerprint density at radius 3 is 2.62 bits per heavy atom. The van der Waals surface area contributed by atoms with Gasteiger partial charge in [0.15, 0.2) is 0 Å². The lowest BCUT2D eigenvalue weighted by Crippen LogP contribution is -2.40. The van der Waals surface area contributed by atoms with Crippen LogP contribution in [0.5, 0.6) is 0 Å². The first kappa shape index (κ1) is 16.3. The van der Waals surface area contributed by atoms with Crippen molar-refractivity contribution in [2.75, 3.05) is 0 Å². The molecule has 1 fully saturated rings. The molecule has 1 aliphatic carbocycles. The summed E-state index contributed by atoms with van der Waals surface area (Å²) in [4.78, 5) is 16.2. The van der Waals surface area contributed by atoms with E-state index in [9.17, 15) is 4.79 Å². The van der Waals surface area contributed by atoms with Crippen molar-refractivity contribution in [1.29, 1.82) is 0 Å². The van der Waals surface area contributed by atoms with Gasteiger partial charge in [-0.2, -0.15) is 0 Å². The van der Waals surface area contributed by atoms with Crippen molar-refractivity contribution >= 4 is 17.5 Å². The van der Waals surface area contributed by atoms with Gasteiger partial charge in [-0.3, -0.25) is 9.78 Å². The van der Waals surface area contributed by atoms with Gasteiger partial charge in [-0.05, 0) is 43.1 Å². The number of pyridine rings is 1. The maximum absolute atomic E-state index is 12.2. The van der Waals surface area contributed by atoms with Crippen LogP contribution in [0.2, 0.25) is 5.02 Å². The molecule has 0 radical (unpaired) electrons. The molecule has 1 N–H and O–H groups in total. The van der Waals surface area contributed by atoms with Crippen molar-refractivity contribution in [3.63, 3.8) is 0 Å². The first-order valence-electron chi connectivity index (χ1n) is 7.84. The van der Waals surface area contributed by atoms with Gasteiger partial charge in [0.25, 0.3) is 5.91 Å². The van der Waals surface area contributed by atoms with Crippen LogP contribution in [0.4, 0.5) is 0 Å². The number of carbonyl (C=O) groups excluding carboxylic acids is 1. The topological polar surface area (TPSA) is 42.0 Å². The molecular formula is C17H25ClN2O. The Balaban J connectivity index is 1.89. The van der Waals surface area contributed by atoms with Crippen LogP contribution < -0.4 is 5.32 Å². The van der Waals surface area contributed by atoms with Gasteiger partial charge < -0.3 is 5.32 Å². The summed E-state index contributed by atoms with van der Waals surface area (Å²) in [5.74, 6) is 0.656. The van der Waals surface area contributed by atoms with E-state index in [-0.39, 0.29) is 11.9 Å². The van der Waals surface area contributed by atoms with Crippen molar-refractivity contribution in [2.24, 2.45) is 11.3 Å². The van der Waals surface area contributed by atoms with Crippen LogP contribution in [0.25, 0.3) is 0 Å². The second-order valence-electron chi connectivity index (χ2n) is 6.72. The zero-order valence-corrected chi connectivity index (χ0v) is 13.9. The fraction of sp³-hybridized carbons (Fsp3) is 0.647. The van der Waals surface area contributed by atoms with E-state index in [0.29, 0.717) is 16.0 Å². The molecule has 116 valence electrons. The van der Waals surface area contributed by atoms with Crippen molar-refractivity contribution in [2.45, 2.75) is 58.9 Å². The third-order valence-corrected chi connectivity index (χ3v) is 5.42. The third-order valence-electron chi connectivity index (χ3n) is 5.09. The summed E-state index contributed by atoms with van der Waals surface area (Å²) in [6.45, 7) is 6.97. The lowest BCUT2D eigenvalue weighted by Gasteiger charge is -2.39. The zero-order valence-electron chi connectivity index (χ0n) is 13.2. The van der Waals surface area contributed by atoms with E-state index < -0.39 is 0 Å². The highest BCUT2D eigenvalue weighted by molar-refractivity contribution is 6.33. The summed E-state index contributed by atoms with van der Waals surface area (Å²) in [6, 6.07) is 1.91. The quantitative estimate of drug-likeness (QED) is 0.892. The van der Waals surface area contributed by atoms with Crippen LogP contribution >= 0.6 is 11.6 Å². The Kier molecular flexibility index (Phi) is 5.26. The maximum Gasteiger partial charge on any atom is 0.254 e. The molecule has 4 heteroatoms. The van der Waals surface area contributed by atoms with E-state index in [4.69, 9.17) is 11.6 Å². The molecule has 1 amide bonds. The number of aromatic nitrogens is 1. The average Bonchev–Trinajstić information content (AvgIpc) is 2.48. The highest BCUT2D eigenvalue weighted by atomic mass is 35.5. The van der Waals surface area contributed by atoms with Gasteiger partial charge in [0, 0.05) is 18.4 Å². The second kappa shape index (κ2) is 6.78. The molecule has 0 aromatic carbocycles. The van der Waals surface area contributed by atoms with Crippen LogP contribution in [0, 0.1) is 11.3 Å².